The Kier molecular flexibility index (Phi) is 10.7. The van der Waals surface area contributed by atoms with Gasteiger partial charge in [0.1, 0.15) is 0 Å². The summed E-state index contributed by atoms with van der Waals surface area (Å²) in [6, 6.07) is 28.7. The fraction of sp³-hybridized carbons (Fsp3) is 0.125. The largest absolute Gasteiger partial charge is 0.465 e. The second-order valence-electron chi connectivity index (χ2n) is 8.73. The molecule has 0 bridgehead atoms. The minimum absolute atomic E-state index is 0.0644. The zero-order valence-electron chi connectivity index (χ0n) is 22.3. The second kappa shape index (κ2) is 14.6. The average molecular weight is 539 g/mol. The monoisotopic (exact) mass is 538 g/mol. The highest BCUT2D eigenvalue weighted by molar-refractivity contribution is 5.90. The number of esters is 2. The highest BCUT2D eigenvalue weighted by Crippen LogP contribution is 2.15. The molecule has 4 rings (SSSR count). The fourth-order valence-corrected chi connectivity index (χ4v) is 3.65. The number of methoxy groups -OCH3 is 2. The highest BCUT2D eigenvalue weighted by atomic mass is 16.6. The number of benzene rings is 4. The van der Waals surface area contributed by atoms with Crippen molar-refractivity contribution in [3.8, 4) is 0 Å². The lowest BCUT2D eigenvalue weighted by Crippen LogP contribution is -2.01. The zero-order valence-corrected chi connectivity index (χ0v) is 22.3. The van der Waals surface area contributed by atoms with E-state index in [4.69, 9.17) is 5.73 Å². The first-order valence-corrected chi connectivity index (χ1v) is 12.4. The summed E-state index contributed by atoms with van der Waals surface area (Å²) in [6.45, 7) is 0. The maximum absolute atomic E-state index is 11.3. The van der Waals surface area contributed by atoms with E-state index in [0.29, 0.717) is 11.1 Å². The molecule has 0 aromatic heterocycles. The van der Waals surface area contributed by atoms with Crippen LogP contribution in [0.15, 0.2) is 97.1 Å². The first-order valence-electron chi connectivity index (χ1n) is 12.4. The average Bonchev–Trinajstić information content (AvgIpc) is 3.00. The maximum Gasteiger partial charge on any atom is 0.337 e. The van der Waals surface area contributed by atoms with Gasteiger partial charge < -0.3 is 15.2 Å². The van der Waals surface area contributed by atoms with Gasteiger partial charge in [-0.2, -0.15) is 0 Å². The standard InChI is InChI=1S/C16H13NO4.C16H17NO2/c1-21-16(18)14-8-4-12(5-9-14)2-3-13-6-10-15(11-7-13)17(19)20;1-19-16(18)14-8-4-12(5-9-14)2-3-13-6-10-15(17)11-7-13/h2-11H,1H3;4-11H,2-3,17H2,1H3/b3-2+;. The predicted molar refractivity (Wildman–Crippen MR) is 156 cm³/mol. The molecule has 8 nitrogen and oxygen atoms in total. The van der Waals surface area contributed by atoms with Crippen molar-refractivity contribution < 1.29 is 24.0 Å². The van der Waals surface area contributed by atoms with Gasteiger partial charge in [0.25, 0.3) is 5.69 Å². The van der Waals surface area contributed by atoms with Crippen LogP contribution in [0.3, 0.4) is 0 Å². The number of non-ortho nitro benzene ring substituents is 1. The number of aryl methyl sites for hydroxylation is 2. The molecule has 0 atom stereocenters. The van der Waals surface area contributed by atoms with E-state index in [1.807, 2.05) is 48.6 Å². The van der Waals surface area contributed by atoms with Gasteiger partial charge in [0.05, 0.1) is 30.3 Å². The molecule has 0 aliphatic carbocycles. The van der Waals surface area contributed by atoms with E-state index in [9.17, 15) is 19.7 Å². The quantitative estimate of drug-likeness (QED) is 0.0906. The number of nitrogen functional groups attached to an aromatic ring is 1. The molecular weight excluding hydrogens is 508 g/mol. The van der Waals surface area contributed by atoms with Crippen LogP contribution < -0.4 is 5.73 Å². The molecule has 0 fully saturated rings. The van der Waals surface area contributed by atoms with Crippen molar-refractivity contribution in [3.05, 3.63) is 141 Å². The highest BCUT2D eigenvalue weighted by Gasteiger charge is 2.05. The second-order valence-corrected chi connectivity index (χ2v) is 8.73. The number of rotatable bonds is 8. The number of ether oxygens (including phenoxy) is 2. The van der Waals surface area contributed by atoms with Crippen LogP contribution >= 0.6 is 0 Å². The van der Waals surface area contributed by atoms with Crippen LogP contribution in [0.4, 0.5) is 11.4 Å². The summed E-state index contributed by atoms with van der Waals surface area (Å²) >= 11 is 0. The smallest absolute Gasteiger partial charge is 0.337 e. The molecule has 0 amide bonds. The lowest BCUT2D eigenvalue weighted by molar-refractivity contribution is -0.384. The number of nitrogens with zero attached hydrogens (tertiary/aromatic N) is 1. The van der Waals surface area contributed by atoms with Gasteiger partial charge in [0.2, 0.25) is 0 Å². The minimum atomic E-state index is -0.432. The van der Waals surface area contributed by atoms with Crippen LogP contribution in [0.25, 0.3) is 12.2 Å². The molecule has 0 unspecified atom stereocenters. The van der Waals surface area contributed by atoms with E-state index < -0.39 is 4.92 Å². The summed E-state index contributed by atoms with van der Waals surface area (Å²) in [5, 5.41) is 10.6. The summed E-state index contributed by atoms with van der Waals surface area (Å²) in [5.74, 6) is -0.675. The number of hydrogen-bond acceptors (Lipinski definition) is 7. The first-order chi connectivity index (χ1) is 19.3. The lowest BCUT2D eigenvalue weighted by Gasteiger charge is -2.04. The summed E-state index contributed by atoms with van der Waals surface area (Å²) in [6.07, 6.45) is 5.60. The number of anilines is 1. The Morgan fingerprint density at radius 2 is 1.05 bits per heavy atom. The molecule has 40 heavy (non-hydrogen) atoms. The van der Waals surface area contributed by atoms with E-state index in [1.165, 1.54) is 37.5 Å². The Morgan fingerprint density at radius 3 is 1.45 bits per heavy atom. The Morgan fingerprint density at radius 1 is 0.675 bits per heavy atom. The minimum Gasteiger partial charge on any atom is -0.465 e. The number of hydrogen-bond donors (Lipinski definition) is 1. The van der Waals surface area contributed by atoms with E-state index in [-0.39, 0.29) is 17.6 Å². The molecule has 0 saturated heterocycles. The van der Waals surface area contributed by atoms with Gasteiger partial charge in [-0.05, 0) is 83.6 Å². The third-order valence-electron chi connectivity index (χ3n) is 5.96. The molecule has 0 heterocycles. The Labute approximate surface area is 232 Å². The predicted octanol–water partition coefficient (Wildman–Crippen LogP) is 6.39. The Balaban J connectivity index is 0.000000222. The van der Waals surface area contributed by atoms with Crippen molar-refractivity contribution in [2.24, 2.45) is 0 Å². The molecule has 4 aromatic carbocycles. The fourth-order valence-electron chi connectivity index (χ4n) is 3.65. The molecule has 0 spiro atoms. The van der Waals surface area contributed by atoms with Gasteiger partial charge in [-0.25, -0.2) is 9.59 Å². The van der Waals surface area contributed by atoms with E-state index >= 15 is 0 Å². The number of nitrogens with two attached hydrogens (primary N) is 1. The molecule has 0 aliphatic heterocycles. The third-order valence-corrected chi connectivity index (χ3v) is 5.96. The van der Waals surface area contributed by atoms with Crippen molar-refractivity contribution in [1.82, 2.24) is 0 Å². The third kappa shape index (κ3) is 8.95. The Hall–Kier alpha value is -5.24. The van der Waals surface area contributed by atoms with Crippen LogP contribution in [-0.2, 0) is 22.3 Å². The number of carbonyl (C=O) groups is 2. The van der Waals surface area contributed by atoms with Crippen molar-refractivity contribution in [2.75, 3.05) is 20.0 Å². The molecule has 0 saturated carbocycles. The van der Waals surface area contributed by atoms with Crippen LogP contribution in [0.5, 0.6) is 0 Å². The molecule has 0 radical (unpaired) electrons. The van der Waals surface area contributed by atoms with E-state index in [2.05, 4.69) is 9.47 Å². The molecule has 8 heteroatoms. The van der Waals surface area contributed by atoms with Crippen molar-refractivity contribution in [1.29, 1.82) is 0 Å². The van der Waals surface area contributed by atoms with Crippen molar-refractivity contribution >= 4 is 35.5 Å². The maximum atomic E-state index is 11.3. The lowest BCUT2D eigenvalue weighted by atomic mass is 10.0. The van der Waals surface area contributed by atoms with Crippen molar-refractivity contribution in [2.45, 2.75) is 12.8 Å². The van der Waals surface area contributed by atoms with Crippen molar-refractivity contribution in [3.63, 3.8) is 0 Å². The van der Waals surface area contributed by atoms with Gasteiger partial charge in [-0.3, -0.25) is 10.1 Å². The molecule has 2 N–H and O–H groups in total. The van der Waals surface area contributed by atoms with Gasteiger partial charge >= 0.3 is 11.9 Å². The van der Waals surface area contributed by atoms with Crippen LogP contribution in [0.1, 0.15) is 43.0 Å². The van der Waals surface area contributed by atoms with Crippen LogP contribution in [0, 0.1) is 10.1 Å². The number of carbonyl (C=O) groups excluding carboxylic acids is 2. The topological polar surface area (TPSA) is 122 Å². The molecular formula is C32H30N2O6. The van der Waals surface area contributed by atoms with E-state index in [0.717, 1.165) is 29.7 Å². The van der Waals surface area contributed by atoms with Gasteiger partial charge in [0, 0.05) is 17.8 Å². The summed E-state index contributed by atoms with van der Waals surface area (Å²) < 4.78 is 9.29. The summed E-state index contributed by atoms with van der Waals surface area (Å²) in [5.41, 5.74) is 11.8. The first kappa shape index (κ1) is 29.3. The van der Waals surface area contributed by atoms with Crippen LogP contribution in [-0.4, -0.2) is 31.1 Å². The van der Waals surface area contributed by atoms with Gasteiger partial charge in [0.15, 0.2) is 0 Å². The Bertz CT molecular complexity index is 1440. The van der Waals surface area contributed by atoms with E-state index in [1.54, 1.807) is 48.5 Å². The SMILES string of the molecule is COC(=O)c1ccc(/C=C/c2ccc([N+](=O)[O-])cc2)cc1.COC(=O)c1ccc(CCc2ccc(N)cc2)cc1. The van der Waals surface area contributed by atoms with Gasteiger partial charge in [-0.15, -0.1) is 0 Å². The van der Waals surface area contributed by atoms with Crippen LogP contribution in [0.2, 0.25) is 0 Å². The van der Waals surface area contributed by atoms with Gasteiger partial charge in [-0.1, -0.05) is 48.6 Å². The summed E-state index contributed by atoms with van der Waals surface area (Å²) in [7, 11) is 2.72. The number of nitro groups is 1. The molecule has 0 aliphatic rings. The zero-order chi connectivity index (χ0) is 28.9. The summed E-state index contributed by atoms with van der Waals surface area (Å²) in [4.78, 5) is 32.7. The number of nitro benzene ring substituents is 1. The normalized spacial score (nSPS) is 10.3. The molecule has 204 valence electrons. The molecule has 4 aromatic rings.